The van der Waals surface area contributed by atoms with Crippen molar-refractivity contribution in [1.82, 2.24) is 0 Å². The molecule has 0 heterocycles. The van der Waals surface area contributed by atoms with Crippen LogP contribution in [0.15, 0.2) is 66.7 Å². The van der Waals surface area contributed by atoms with Gasteiger partial charge in [0.25, 0.3) is 0 Å². The average Bonchev–Trinajstić information content (AvgIpc) is 2.76. The lowest BCUT2D eigenvalue weighted by molar-refractivity contribution is 0.286. The lowest BCUT2D eigenvalue weighted by atomic mass is 10.1. The molecule has 3 rings (SSSR count). The monoisotopic (exact) mass is 389 g/mol. The van der Waals surface area contributed by atoms with Crippen LogP contribution in [0.5, 0.6) is 17.2 Å². The molecule has 148 valence electrons. The molecule has 0 radical (unpaired) electrons. The van der Waals surface area contributed by atoms with Gasteiger partial charge in [0.15, 0.2) is 0 Å². The van der Waals surface area contributed by atoms with Gasteiger partial charge in [-0.3, -0.25) is 5.41 Å². The molecule has 0 spiro atoms. The molecule has 29 heavy (non-hydrogen) atoms. The largest absolute Gasteiger partial charge is 0.496 e. The van der Waals surface area contributed by atoms with Gasteiger partial charge in [0.2, 0.25) is 0 Å². The first kappa shape index (κ1) is 19.9. The van der Waals surface area contributed by atoms with Crippen LogP contribution in [0.25, 0.3) is 0 Å². The van der Waals surface area contributed by atoms with E-state index in [-0.39, 0.29) is 5.84 Å². The first-order valence-electron chi connectivity index (χ1n) is 9.05. The molecule has 0 unspecified atom stereocenters. The highest BCUT2D eigenvalue weighted by Crippen LogP contribution is 2.29. The van der Waals surface area contributed by atoms with Gasteiger partial charge in [-0.1, -0.05) is 48.5 Å². The lowest BCUT2D eigenvalue weighted by Gasteiger charge is -2.12. The van der Waals surface area contributed by atoms with E-state index in [9.17, 15) is 0 Å². The van der Waals surface area contributed by atoms with Gasteiger partial charge >= 0.3 is 0 Å². The number of hydrogen-bond donors (Lipinski definition) is 3. The number of methoxy groups -OCH3 is 1. The third-order valence-electron chi connectivity index (χ3n) is 4.31. The maximum absolute atomic E-state index is 7.44. The number of nitrogens with one attached hydrogen (secondary N) is 2. The van der Waals surface area contributed by atoms with Crippen molar-refractivity contribution in [2.24, 2.45) is 5.73 Å². The van der Waals surface area contributed by atoms with E-state index in [1.807, 2.05) is 42.5 Å². The summed E-state index contributed by atoms with van der Waals surface area (Å²) in [5.74, 6) is 1.96. The molecular weight excluding hydrogens is 366 g/mol. The molecule has 0 bridgehead atoms. The van der Waals surface area contributed by atoms with Crippen LogP contribution in [0.4, 0.5) is 0 Å². The molecule has 6 heteroatoms. The normalized spacial score (nSPS) is 10.2. The Balaban J connectivity index is 1.65. The Labute approximate surface area is 169 Å². The van der Waals surface area contributed by atoms with Gasteiger partial charge in [-0.15, -0.1) is 0 Å². The third-order valence-corrected chi connectivity index (χ3v) is 4.31. The summed E-state index contributed by atoms with van der Waals surface area (Å²) in [4.78, 5) is 0. The standard InChI is InChI=1S/C23H23N3O3/c1-27-20-10-21(28-14-17-4-2-16(13-24)3-5-17)12-22(11-20)29-15-18-6-8-19(9-7-18)23(25)26/h2-13,24H,14-15H2,1H3,(H3,25,26). The van der Waals surface area contributed by atoms with Crippen LogP contribution in [0.3, 0.4) is 0 Å². The lowest BCUT2D eigenvalue weighted by Crippen LogP contribution is -2.10. The van der Waals surface area contributed by atoms with Crippen LogP contribution in [0.1, 0.15) is 22.3 Å². The maximum Gasteiger partial charge on any atom is 0.127 e. The molecule has 0 atom stereocenters. The smallest absolute Gasteiger partial charge is 0.127 e. The quantitative estimate of drug-likeness (QED) is 0.378. The number of benzene rings is 3. The van der Waals surface area contributed by atoms with E-state index in [4.69, 9.17) is 30.8 Å². The first-order valence-corrected chi connectivity index (χ1v) is 9.05. The molecule has 0 aliphatic heterocycles. The Kier molecular flexibility index (Phi) is 6.47. The van der Waals surface area contributed by atoms with Crippen LogP contribution in [0, 0.1) is 10.8 Å². The van der Waals surface area contributed by atoms with Gasteiger partial charge in [-0.25, -0.2) is 0 Å². The number of amidine groups is 1. The van der Waals surface area contributed by atoms with E-state index >= 15 is 0 Å². The molecule has 0 aliphatic rings. The van der Waals surface area contributed by atoms with Crippen molar-refractivity contribution >= 4 is 12.1 Å². The van der Waals surface area contributed by atoms with E-state index in [2.05, 4.69) is 0 Å². The summed E-state index contributed by atoms with van der Waals surface area (Å²) in [7, 11) is 1.60. The zero-order chi connectivity index (χ0) is 20.6. The van der Waals surface area contributed by atoms with Crippen LogP contribution < -0.4 is 19.9 Å². The summed E-state index contributed by atoms with van der Waals surface area (Å²) < 4.78 is 17.1. The molecule has 0 aliphatic carbocycles. The van der Waals surface area contributed by atoms with Crippen LogP contribution >= 0.6 is 0 Å². The van der Waals surface area contributed by atoms with Gasteiger partial charge in [0, 0.05) is 30.0 Å². The Morgan fingerprint density at radius 2 is 1.31 bits per heavy atom. The van der Waals surface area contributed by atoms with Crippen LogP contribution in [0.2, 0.25) is 0 Å². The minimum absolute atomic E-state index is 0.0412. The topological polar surface area (TPSA) is 101 Å². The van der Waals surface area contributed by atoms with E-state index < -0.39 is 0 Å². The van der Waals surface area contributed by atoms with Crippen LogP contribution in [-0.2, 0) is 13.2 Å². The molecule has 0 saturated carbocycles. The molecule has 3 aromatic rings. The fraction of sp³-hybridized carbons (Fsp3) is 0.130. The molecule has 0 fully saturated rings. The zero-order valence-corrected chi connectivity index (χ0v) is 16.1. The van der Waals surface area contributed by atoms with Crippen molar-refractivity contribution < 1.29 is 14.2 Å². The van der Waals surface area contributed by atoms with Crippen molar-refractivity contribution in [3.8, 4) is 17.2 Å². The summed E-state index contributed by atoms with van der Waals surface area (Å²) in [5.41, 5.74) is 8.98. The predicted octanol–water partition coefficient (Wildman–Crippen LogP) is 4.13. The fourth-order valence-electron chi connectivity index (χ4n) is 2.65. The molecule has 3 aromatic carbocycles. The molecule has 4 N–H and O–H groups in total. The minimum atomic E-state index is 0.0412. The van der Waals surface area contributed by atoms with Gasteiger partial charge in [-0.05, 0) is 16.7 Å². The van der Waals surface area contributed by atoms with Gasteiger partial charge in [0.1, 0.15) is 36.3 Å². The second kappa shape index (κ2) is 9.41. The summed E-state index contributed by atoms with van der Waals surface area (Å²) in [6.07, 6.45) is 1.31. The fourth-order valence-corrected chi connectivity index (χ4v) is 2.65. The van der Waals surface area contributed by atoms with Crippen molar-refractivity contribution in [2.75, 3.05) is 7.11 Å². The Hall–Kier alpha value is -3.80. The van der Waals surface area contributed by atoms with Gasteiger partial charge in [-0.2, -0.15) is 0 Å². The maximum atomic E-state index is 7.44. The van der Waals surface area contributed by atoms with Crippen LogP contribution in [-0.4, -0.2) is 19.2 Å². The van der Waals surface area contributed by atoms with E-state index in [0.717, 1.165) is 16.7 Å². The van der Waals surface area contributed by atoms with E-state index in [0.29, 0.717) is 36.0 Å². The number of ether oxygens (including phenoxy) is 3. The highest BCUT2D eigenvalue weighted by molar-refractivity contribution is 5.94. The molecule has 0 aromatic heterocycles. The van der Waals surface area contributed by atoms with Crippen molar-refractivity contribution in [3.63, 3.8) is 0 Å². The average molecular weight is 389 g/mol. The number of nitrogen functional groups attached to an aromatic ring is 1. The predicted molar refractivity (Wildman–Crippen MR) is 113 cm³/mol. The highest BCUT2D eigenvalue weighted by Gasteiger charge is 2.06. The summed E-state index contributed by atoms with van der Waals surface area (Å²) >= 11 is 0. The minimum Gasteiger partial charge on any atom is -0.496 e. The molecule has 0 saturated heterocycles. The second-order valence-corrected chi connectivity index (χ2v) is 6.42. The molecule has 0 amide bonds. The SMILES string of the molecule is COc1cc(OCc2ccc(C=N)cc2)cc(OCc2ccc(C(=N)N)cc2)c1. The number of rotatable bonds is 9. The number of hydrogen-bond acceptors (Lipinski definition) is 5. The summed E-state index contributed by atoms with van der Waals surface area (Å²) in [6, 6.07) is 20.4. The molecule has 6 nitrogen and oxygen atoms in total. The Morgan fingerprint density at radius 3 is 1.76 bits per heavy atom. The van der Waals surface area contributed by atoms with E-state index in [1.165, 1.54) is 6.21 Å². The van der Waals surface area contributed by atoms with Crippen molar-refractivity contribution in [2.45, 2.75) is 13.2 Å². The number of nitrogens with two attached hydrogens (primary N) is 1. The first-order chi connectivity index (χ1) is 14.1. The van der Waals surface area contributed by atoms with E-state index in [1.54, 1.807) is 31.4 Å². The zero-order valence-electron chi connectivity index (χ0n) is 16.1. The third kappa shape index (κ3) is 5.59. The Morgan fingerprint density at radius 1 is 0.828 bits per heavy atom. The highest BCUT2D eigenvalue weighted by atomic mass is 16.5. The second-order valence-electron chi connectivity index (χ2n) is 6.42. The Bertz CT molecular complexity index is 983. The molecular formula is C23H23N3O3. The van der Waals surface area contributed by atoms with Gasteiger partial charge < -0.3 is 25.4 Å². The summed E-state index contributed by atoms with van der Waals surface area (Å²) in [6.45, 7) is 0.771. The van der Waals surface area contributed by atoms with Gasteiger partial charge in [0.05, 0.1) is 7.11 Å². The van der Waals surface area contributed by atoms with Crippen molar-refractivity contribution in [3.05, 3.63) is 89.0 Å². The summed E-state index contributed by atoms with van der Waals surface area (Å²) in [5, 5.41) is 14.7. The van der Waals surface area contributed by atoms with Crippen molar-refractivity contribution in [1.29, 1.82) is 10.8 Å².